The second-order valence-electron chi connectivity index (χ2n) is 3.50. The Kier molecular flexibility index (Phi) is 2.22. The van der Waals surface area contributed by atoms with Crippen LogP contribution in [-0.4, -0.2) is 18.7 Å². The second kappa shape index (κ2) is 3.42. The second-order valence-corrected chi connectivity index (χ2v) is 3.50. The van der Waals surface area contributed by atoms with Crippen LogP contribution in [-0.2, 0) is 4.74 Å². The standard InChI is InChI=1S/C10H11FN2O2/c1-6-5-15-10(14)13(6)7-2-3-9(12)8(11)4-7/h2-4,6H,5,12H2,1H3. The van der Waals surface area contributed by atoms with Crippen molar-refractivity contribution in [2.75, 3.05) is 17.2 Å². The van der Waals surface area contributed by atoms with E-state index in [1.807, 2.05) is 6.92 Å². The van der Waals surface area contributed by atoms with Gasteiger partial charge in [-0.3, -0.25) is 4.90 Å². The smallest absolute Gasteiger partial charge is 0.414 e. The van der Waals surface area contributed by atoms with Crippen molar-refractivity contribution in [1.29, 1.82) is 0 Å². The zero-order valence-corrected chi connectivity index (χ0v) is 8.24. The number of nitrogens with zero attached hydrogens (tertiary/aromatic N) is 1. The van der Waals surface area contributed by atoms with Crippen molar-refractivity contribution in [3.8, 4) is 0 Å². The van der Waals surface area contributed by atoms with Gasteiger partial charge >= 0.3 is 6.09 Å². The quantitative estimate of drug-likeness (QED) is 0.718. The van der Waals surface area contributed by atoms with Crippen LogP contribution in [0.15, 0.2) is 18.2 Å². The monoisotopic (exact) mass is 210 g/mol. The molecular weight excluding hydrogens is 199 g/mol. The van der Waals surface area contributed by atoms with Gasteiger partial charge in [0.15, 0.2) is 0 Å². The van der Waals surface area contributed by atoms with Gasteiger partial charge in [-0.2, -0.15) is 0 Å². The zero-order valence-electron chi connectivity index (χ0n) is 8.24. The predicted molar refractivity (Wildman–Crippen MR) is 54.1 cm³/mol. The van der Waals surface area contributed by atoms with Crippen LogP contribution >= 0.6 is 0 Å². The lowest BCUT2D eigenvalue weighted by molar-refractivity contribution is 0.179. The van der Waals surface area contributed by atoms with Gasteiger partial charge in [0.25, 0.3) is 0 Å². The number of ether oxygens (including phenoxy) is 1. The molecule has 0 spiro atoms. The van der Waals surface area contributed by atoms with Crippen LogP contribution in [0, 0.1) is 5.82 Å². The highest BCUT2D eigenvalue weighted by Gasteiger charge is 2.31. The van der Waals surface area contributed by atoms with Gasteiger partial charge in [0.05, 0.1) is 17.4 Å². The fraction of sp³-hybridized carbons (Fsp3) is 0.300. The van der Waals surface area contributed by atoms with Crippen molar-refractivity contribution >= 4 is 17.5 Å². The van der Waals surface area contributed by atoms with E-state index in [9.17, 15) is 9.18 Å². The molecular formula is C10H11FN2O2. The van der Waals surface area contributed by atoms with E-state index in [1.165, 1.54) is 17.0 Å². The van der Waals surface area contributed by atoms with Gasteiger partial charge in [-0.05, 0) is 25.1 Å². The first-order valence-electron chi connectivity index (χ1n) is 4.60. The van der Waals surface area contributed by atoms with E-state index in [1.54, 1.807) is 6.07 Å². The van der Waals surface area contributed by atoms with Crippen LogP contribution in [0.25, 0.3) is 0 Å². The number of cyclic esters (lactones) is 1. The van der Waals surface area contributed by atoms with Crippen molar-refractivity contribution in [2.24, 2.45) is 0 Å². The molecule has 1 fully saturated rings. The van der Waals surface area contributed by atoms with E-state index < -0.39 is 11.9 Å². The van der Waals surface area contributed by atoms with Crippen LogP contribution in [0.4, 0.5) is 20.6 Å². The van der Waals surface area contributed by atoms with Gasteiger partial charge < -0.3 is 10.5 Å². The number of amides is 1. The molecule has 80 valence electrons. The fourth-order valence-corrected chi connectivity index (χ4v) is 1.54. The number of anilines is 2. The molecule has 0 radical (unpaired) electrons. The number of benzene rings is 1. The number of carbonyl (C=O) groups excluding carboxylic acids is 1. The van der Waals surface area contributed by atoms with Crippen LogP contribution < -0.4 is 10.6 Å². The average Bonchev–Trinajstić information content (AvgIpc) is 2.52. The highest BCUT2D eigenvalue weighted by Crippen LogP contribution is 2.25. The van der Waals surface area contributed by atoms with Gasteiger partial charge in [-0.15, -0.1) is 0 Å². The Morgan fingerprint density at radius 3 is 2.87 bits per heavy atom. The number of hydrogen-bond acceptors (Lipinski definition) is 3. The summed E-state index contributed by atoms with van der Waals surface area (Å²) in [6, 6.07) is 4.18. The molecule has 1 aromatic rings. The third-order valence-electron chi connectivity index (χ3n) is 2.35. The molecule has 0 aliphatic carbocycles. The number of carbonyl (C=O) groups is 1. The molecule has 1 saturated heterocycles. The first-order chi connectivity index (χ1) is 7.09. The lowest BCUT2D eigenvalue weighted by Gasteiger charge is -2.18. The summed E-state index contributed by atoms with van der Waals surface area (Å²) in [5.41, 5.74) is 5.88. The third kappa shape index (κ3) is 1.60. The predicted octanol–water partition coefficient (Wildman–Crippen LogP) is 1.75. The molecule has 1 aromatic carbocycles. The maximum absolute atomic E-state index is 13.2. The lowest BCUT2D eigenvalue weighted by Crippen LogP contribution is -2.30. The van der Waals surface area contributed by atoms with E-state index >= 15 is 0 Å². The molecule has 1 atom stereocenters. The lowest BCUT2D eigenvalue weighted by atomic mass is 10.2. The Labute approximate surface area is 86.4 Å². The van der Waals surface area contributed by atoms with E-state index in [0.717, 1.165) is 0 Å². The van der Waals surface area contributed by atoms with E-state index in [2.05, 4.69) is 0 Å². The highest BCUT2D eigenvalue weighted by atomic mass is 19.1. The Morgan fingerprint density at radius 2 is 2.33 bits per heavy atom. The topological polar surface area (TPSA) is 55.6 Å². The van der Waals surface area contributed by atoms with Gasteiger partial charge in [0, 0.05) is 0 Å². The summed E-state index contributed by atoms with van der Waals surface area (Å²) in [5.74, 6) is -0.528. The summed E-state index contributed by atoms with van der Waals surface area (Å²) < 4.78 is 18.0. The van der Waals surface area contributed by atoms with Crippen LogP contribution in [0.5, 0.6) is 0 Å². The van der Waals surface area contributed by atoms with Crippen molar-refractivity contribution in [3.63, 3.8) is 0 Å². The summed E-state index contributed by atoms with van der Waals surface area (Å²) in [4.78, 5) is 12.7. The summed E-state index contributed by atoms with van der Waals surface area (Å²) in [5, 5.41) is 0. The van der Waals surface area contributed by atoms with Crippen LogP contribution in [0.2, 0.25) is 0 Å². The summed E-state index contributed by atoms with van der Waals surface area (Å²) >= 11 is 0. The maximum atomic E-state index is 13.2. The van der Waals surface area contributed by atoms with Crippen molar-refractivity contribution in [3.05, 3.63) is 24.0 Å². The minimum absolute atomic E-state index is 0.0685. The highest BCUT2D eigenvalue weighted by molar-refractivity contribution is 5.90. The summed E-state index contributed by atoms with van der Waals surface area (Å²) in [6.07, 6.45) is -0.452. The van der Waals surface area contributed by atoms with Crippen molar-refractivity contribution in [1.82, 2.24) is 0 Å². The minimum atomic E-state index is -0.528. The SMILES string of the molecule is CC1COC(=O)N1c1ccc(N)c(F)c1. The Hall–Kier alpha value is -1.78. The van der Waals surface area contributed by atoms with Crippen LogP contribution in [0.1, 0.15) is 6.92 Å². The van der Waals surface area contributed by atoms with E-state index in [4.69, 9.17) is 10.5 Å². The summed E-state index contributed by atoms with van der Waals surface area (Å²) in [7, 11) is 0. The molecule has 5 heteroatoms. The molecule has 2 rings (SSSR count). The molecule has 15 heavy (non-hydrogen) atoms. The number of nitrogens with two attached hydrogens (primary N) is 1. The van der Waals surface area contributed by atoms with Gasteiger partial charge in [-0.1, -0.05) is 0 Å². The first kappa shape index (κ1) is 9.76. The van der Waals surface area contributed by atoms with Crippen molar-refractivity contribution < 1.29 is 13.9 Å². The van der Waals surface area contributed by atoms with Gasteiger partial charge in [0.1, 0.15) is 12.4 Å². The largest absolute Gasteiger partial charge is 0.447 e. The number of nitrogen functional groups attached to an aromatic ring is 1. The molecule has 4 nitrogen and oxygen atoms in total. The van der Waals surface area contributed by atoms with E-state index in [-0.39, 0.29) is 11.7 Å². The molecule has 0 bridgehead atoms. The number of hydrogen-bond donors (Lipinski definition) is 1. The molecule has 2 N–H and O–H groups in total. The van der Waals surface area contributed by atoms with Gasteiger partial charge in [0.2, 0.25) is 0 Å². The fourth-order valence-electron chi connectivity index (χ4n) is 1.54. The molecule has 1 aliphatic heterocycles. The number of halogens is 1. The van der Waals surface area contributed by atoms with Gasteiger partial charge in [-0.25, -0.2) is 9.18 Å². The Bertz CT molecular complexity index is 408. The molecule has 0 aromatic heterocycles. The molecule has 1 amide bonds. The van der Waals surface area contributed by atoms with Crippen LogP contribution in [0.3, 0.4) is 0 Å². The van der Waals surface area contributed by atoms with E-state index in [0.29, 0.717) is 12.3 Å². The summed E-state index contributed by atoms with van der Waals surface area (Å²) in [6.45, 7) is 2.16. The normalized spacial score (nSPS) is 20.5. The zero-order chi connectivity index (χ0) is 11.0. The third-order valence-corrected chi connectivity index (χ3v) is 2.35. The molecule has 1 heterocycles. The molecule has 0 saturated carbocycles. The minimum Gasteiger partial charge on any atom is -0.447 e. The first-order valence-corrected chi connectivity index (χ1v) is 4.60. The maximum Gasteiger partial charge on any atom is 0.414 e. The van der Waals surface area contributed by atoms with Crippen molar-refractivity contribution in [2.45, 2.75) is 13.0 Å². The Morgan fingerprint density at radius 1 is 1.60 bits per heavy atom. The molecule has 1 aliphatic rings. The number of rotatable bonds is 1. The Balaban J connectivity index is 2.36. The molecule has 1 unspecified atom stereocenters. The average molecular weight is 210 g/mol.